The van der Waals surface area contributed by atoms with E-state index in [0.717, 1.165) is 51.0 Å². The third kappa shape index (κ3) is 4.00. The molecular formula is C23H34N4O2. The molecule has 1 atom stereocenters. The summed E-state index contributed by atoms with van der Waals surface area (Å²) in [6, 6.07) is 8.45. The van der Waals surface area contributed by atoms with Crippen LogP contribution in [0, 0.1) is 0 Å². The van der Waals surface area contributed by atoms with Gasteiger partial charge in [0.25, 0.3) is 0 Å². The van der Waals surface area contributed by atoms with E-state index in [1.807, 2.05) is 34.1 Å². The molecule has 1 saturated carbocycles. The maximum Gasteiger partial charge on any atom is 0.248 e. The van der Waals surface area contributed by atoms with Crippen LogP contribution >= 0.6 is 0 Å². The molecule has 2 saturated heterocycles. The monoisotopic (exact) mass is 398 g/mol. The Morgan fingerprint density at radius 2 is 1.76 bits per heavy atom. The van der Waals surface area contributed by atoms with Gasteiger partial charge in [0.1, 0.15) is 5.54 Å². The van der Waals surface area contributed by atoms with Crippen LogP contribution in [0.15, 0.2) is 24.3 Å². The van der Waals surface area contributed by atoms with Crippen LogP contribution in [0.1, 0.15) is 51.0 Å². The Bertz CT molecular complexity index is 746. The van der Waals surface area contributed by atoms with Gasteiger partial charge >= 0.3 is 0 Å². The first-order valence-corrected chi connectivity index (χ1v) is 11.2. The van der Waals surface area contributed by atoms with Gasteiger partial charge in [-0.15, -0.1) is 0 Å². The van der Waals surface area contributed by atoms with Crippen LogP contribution in [0.4, 0.5) is 5.69 Å². The molecule has 3 fully saturated rings. The van der Waals surface area contributed by atoms with Gasteiger partial charge in [0.15, 0.2) is 0 Å². The molecule has 2 heterocycles. The fourth-order valence-electron chi connectivity index (χ4n) is 5.34. The highest BCUT2D eigenvalue weighted by atomic mass is 16.2. The molecule has 29 heavy (non-hydrogen) atoms. The summed E-state index contributed by atoms with van der Waals surface area (Å²) in [5.74, 6) is 0.134. The topological polar surface area (TPSA) is 69.9 Å². The van der Waals surface area contributed by atoms with Crippen LogP contribution in [0.3, 0.4) is 0 Å². The number of rotatable bonds is 4. The second-order valence-corrected chi connectivity index (χ2v) is 8.99. The predicted molar refractivity (Wildman–Crippen MR) is 114 cm³/mol. The number of likely N-dealkylation sites (tertiary alicyclic amines) is 1. The highest BCUT2D eigenvalue weighted by Crippen LogP contribution is 2.36. The molecule has 1 unspecified atom stereocenters. The Hall–Kier alpha value is -2.08. The Kier molecular flexibility index (Phi) is 5.81. The van der Waals surface area contributed by atoms with Crippen molar-refractivity contribution in [3.8, 4) is 0 Å². The van der Waals surface area contributed by atoms with Gasteiger partial charge in [0, 0.05) is 57.8 Å². The second kappa shape index (κ2) is 8.34. The summed E-state index contributed by atoms with van der Waals surface area (Å²) in [5.41, 5.74) is 6.87. The summed E-state index contributed by atoms with van der Waals surface area (Å²) >= 11 is 0. The largest absolute Gasteiger partial charge is 0.399 e. The molecular weight excluding hydrogens is 364 g/mol. The van der Waals surface area contributed by atoms with Crippen molar-refractivity contribution in [3.63, 3.8) is 0 Å². The molecule has 1 aromatic carbocycles. The maximum absolute atomic E-state index is 13.9. The number of nitrogen functional groups attached to an aromatic ring is 1. The normalized spacial score (nSPS) is 26.2. The summed E-state index contributed by atoms with van der Waals surface area (Å²) in [6.07, 6.45) is 7.12. The fraction of sp³-hybridized carbons (Fsp3) is 0.652. The molecule has 6 heteroatoms. The average molecular weight is 399 g/mol. The van der Waals surface area contributed by atoms with Crippen LogP contribution in [0.2, 0.25) is 0 Å². The van der Waals surface area contributed by atoms with E-state index in [9.17, 15) is 9.59 Å². The lowest BCUT2D eigenvalue weighted by atomic mass is 9.86. The number of carbonyl (C=O) groups excluding carboxylic acids is 2. The van der Waals surface area contributed by atoms with Crippen molar-refractivity contribution in [1.29, 1.82) is 0 Å². The van der Waals surface area contributed by atoms with Crippen LogP contribution in [-0.2, 0) is 16.0 Å². The quantitative estimate of drug-likeness (QED) is 0.790. The second-order valence-electron chi connectivity index (χ2n) is 8.99. The average Bonchev–Trinajstić information content (AvgIpc) is 2.95. The molecule has 0 radical (unpaired) electrons. The number of benzene rings is 1. The van der Waals surface area contributed by atoms with Gasteiger partial charge in [0.05, 0.1) is 0 Å². The number of anilines is 1. The number of nitrogens with zero attached hydrogens (tertiary/aromatic N) is 3. The van der Waals surface area contributed by atoms with Crippen LogP contribution in [-0.4, -0.2) is 70.8 Å². The molecule has 1 aromatic rings. The lowest BCUT2D eigenvalue weighted by Gasteiger charge is -2.41. The first kappa shape index (κ1) is 20.2. The zero-order chi connectivity index (χ0) is 20.4. The van der Waals surface area contributed by atoms with Crippen LogP contribution in [0.5, 0.6) is 0 Å². The smallest absolute Gasteiger partial charge is 0.248 e. The third-order valence-electron chi connectivity index (χ3n) is 7.15. The molecule has 2 aliphatic heterocycles. The summed E-state index contributed by atoms with van der Waals surface area (Å²) in [7, 11) is 0. The zero-order valence-corrected chi connectivity index (χ0v) is 17.6. The van der Waals surface area contributed by atoms with E-state index >= 15 is 0 Å². The highest BCUT2D eigenvalue weighted by Gasteiger charge is 2.50. The van der Waals surface area contributed by atoms with E-state index in [0.29, 0.717) is 24.7 Å². The standard InChI is InChI=1S/C23H34N4O2/c1-18(28)27-14-3-11-23(27,17-19-7-9-20(24)10-8-19)22(29)26-13-4-12-25(15-16-26)21-5-2-6-21/h7-10,21H,2-6,11-17,24H2,1H3. The first-order valence-electron chi connectivity index (χ1n) is 11.2. The van der Waals surface area contributed by atoms with Crippen molar-refractivity contribution in [1.82, 2.24) is 14.7 Å². The van der Waals surface area contributed by atoms with Crippen molar-refractivity contribution < 1.29 is 9.59 Å². The van der Waals surface area contributed by atoms with Crippen molar-refractivity contribution in [2.45, 2.75) is 63.5 Å². The fourth-order valence-corrected chi connectivity index (χ4v) is 5.34. The Morgan fingerprint density at radius 1 is 1.00 bits per heavy atom. The molecule has 3 aliphatic rings. The van der Waals surface area contributed by atoms with Crippen molar-refractivity contribution in [3.05, 3.63) is 29.8 Å². The molecule has 158 valence electrons. The van der Waals surface area contributed by atoms with Gasteiger partial charge in [0.2, 0.25) is 11.8 Å². The van der Waals surface area contributed by atoms with Gasteiger partial charge in [-0.1, -0.05) is 18.6 Å². The number of hydrogen-bond donors (Lipinski definition) is 1. The van der Waals surface area contributed by atoms with Crippen molar-refractivity contribution >= 4 is 17.5 Å². The van der Waals surface area contributed by atoms with Gasteiger partial charge in [-0.05, 0) is 49.8 Å². The SMILES string of the molecule is CC(=O)N1CCCC1(Cc1ccc(N)cc1)C(=O)N1CCCN(C2CCC2)CC1. The number of carbonyl (C=O) groups is 2. The van der Waals surface area contributed by atoms with E-state index in [1.54, 1.807) is 6.92 Å². The molecule has 1 aliphatic carbocycles. The number of nitrogens with two attached hydrogens (primary N) is 1. The van der Waals surface area contributed by atoms with Crippen LogP contribution < -0.4 is 5.73 Å². The predicted octanol–water partition coefficient (Wildman–Crippen LogP) is 2.28. The van der Waals surface area contributed by atoms with Gasteiger partial charge in [-0.2, -0.15) is 0 Å². The maximum atomic E-state index is 13.9. The molecule has 0 bridgehead atoms. The Morgan fingerprint density at radius 3 is 2.41 bits per heavy atom. The minimum absolute atomic E-state index is 0.00258. The van der Waals surface area contributed by atoms with E-state index < -0.39 is 5.54 Å². The number of amides is 2. The molecule has 2 amide bonds. The molecule has 0 aromatic heterocycles. The molecule has 6 nitrogen and oxygen atoms in total. The Balaban J connectivity index is 1.56. The lowest BCUT2D eigenvalue weighted by Crippen LogP contribution is -2.59. The lowest BCUT2D eigenvalue weighted by molar-refractivity contribution is -0.150. The molecule has 4 rings (SSSR count). The summed E-state index contributed by atoms with van der Waals surface area (Å²) in [5, 5.41) is 0. The highest BCUT2D eigenvalue weighted by molar-refractivity contribution is 5.92. The number of hydrogen-bond acceptors (Lipinski definition) is 4. The summed E-state index contributed by atoms with van der Waals surface area (Å²) in [4.78, 5) is 32.8. The van der Waals surface area contributed by atoms with E-state index in [-0.39, 0.29) is 11.8 Å². The van der Waals surface area contributed by atoms with E-state index in [1.165, 1.54) is 19.3 Å². The molecule has 2 N–H and O–H groups in total. The Labute approximate surface area is 174 Å². The van der Waals surface area contributed by atoms with Gasteiger partial charge < -0.3 is 15.5 Å². The minimum Gasteiger partial charge on any atom is -0.399 e. The summed E-state index contributed by atoms with van der Waals surface area (Å²) in [6.45, 7) is 5.85. The zero-order valence-electron chi connectivity index (χ0n) is 17.6. The molecule has 0 spiro atoms. The van der Waals surface area contributed by atoms with Crippen molar-refractivity contribution in [2.75, 3.05) is 38.5 Å². The first-order chi connectivity index (χ1) is 14.0. The van der Waals surface area contributed by atoms with Gasteiger partial charge in [-0.25, -0.2) is 0 Å². The van der Waals surface area contributed by atoms with E-state index in [4.69, 9.17) is 5.73 Å². The van der Waals surface area contributed by atoms with Crippen LogP contribution in [0.25, 0.3) is 0 Å². The minimum atomic E-state index is -0.756. The summed E-state index contributed by atoms with van der Waals surface area (Å²) < 4.78 is 0. The third-order valence-corrected chi connectivity index (χ3v) is 7.15. The van der Waals surface area contributed by atoms with E-state index in [2.05, 4.69) is 4.90 Å². The van der Waals surface area contributed by atoms with Crippen molar-refractivity contribution in [2.24, 2.45) is 0 Å². The van der Waals surface area contributed by atoms with Gasteiger partial charge in [-0.3, -0.25) is 14.5 Å².